The molecule has 6 heteroatoms. The lowest BCUT2D eigenvalue weighted by Crippen LogP contribution is -2.41. The van der Waals surface area contributed by atoms with Gasteiger partial charge in [-0.05, 0) is 25.0 Å². The molecule has 1 atom stereocenters. The number of aromatic nitrogens is 3. The fraction of sp³-hybridized carbons (Fsp3) is 0.500. The summed E-state index contributed by atoms with van der Waals surface area (Å²) in [5.41, 5.74) is 0.671. The smallest absolute Gasteiger partial charge is 0.257 e. The lowest BCUT2D eigenvalue weighted by molar-refractivity contribution is 0.0678. The fourth-order valence-electron chi connectivity index (χ4n) is 3.41. The van der Waals surface area contributed by atoms with E-state index in [4.69, 9.17) is 0 Å². The Balaban J connectivity index is 1.81. The van der Waals surface area contributed by atoms with E-state index in [0.29, 0.717) is 11.6 Å². The molecule has 1 saturated heterocycles. The number of hydrogen-bond donors (Lipinski definition) is 0. The van der Waals surface area contributed by atoms with Crippen LogP contribution in [0.1, 0.15) is 42.0 Å². The highest BCUT2D eigenvalue weighted by Gasteiger charge is 2.28. The summed E-state index contributed by atoms with van der Waals surface area (Å²) in [6, 6.07) is 4.00. The average molecular weight is 327 g/mol. The Morgan fingerprint density at radius 1 is 1.33 bits per heavy atom. The summed E-state index contributed by atoms with van der Waals surface area (Å²) in [7, 11) is 3.83. The summed E-state index contributed by atoms with van der Waals surface area (Å²) in [6.07, 6.45) is 8.61. The molecule has 24 heavy (non-hydrogen) atoms. The number of piperidine rings is 1. The van der Waals surface area contributed by atoms with Crippen LogP contribution >= 0.6 is 0 Å². The largest absolute Gasteiger partial charge is 0.362 e. The van der Waals surface area contributed by atoms with Gasteiger partial charge in [0.15, 0.2) is 0 Å². The van der Waals surface area contributed by atoms with E-state index in [1.54, 1.807) is 6.20 Å². The molecule has 3 heterocycles. The van der Waals surface area contributed by atoms with E-state index >= 15 is 0 Å². The summed E-state index contributed by atoms with van der Waals surface area (Å²) < 4.78 is 2.23. The van der Waals surface area contributed by atoms with E-state index in [2.05, 4.69) is 21.5 Å². The summed E-state index contributed by atoms with van der Waals surface area (Å²) in [5.74, 6) is 1.88. The van der Waals surface area contributed by atoms with Crippen LogP contribution in [0.4, 0.5) is 5.82 Å². The zero-order valence-corrected chi connectivity index (χ0v) is 14.6. The van der Waals surface area contributed by atoms with Gasteiger partial charge in [0.05, 0.1) is 11.6 Å². The van der Waals surface area contributed by atoms with Gasteiger partial charge in [-0.3, -0.25) is 4.79 Å². The molecule has 1 aliphatic heterocycles. The second-order valence-electron chi connectivity index (χ2n) is 6.42. The first-order valence-corrected chi connectivity index (χ1v) is 8.55. The molecule has 6 nitrogen and oxygen atoms in total. The molecule has 1 fully saturated rings. The molecule has 0 saturated carbocycles. The average Bonchev–Trinajstić information content (AvgIpc) is 3.10. The van der Waals surface area contributed by atoms with Crippen molar-refractivity contribution >= 4 is 11.7 Å². The van der Waals surface area contributed by atoms with E-state index in [-0.39, 0.29) is 5.91 Å². The molecule has 0 N–H and O–H groups in total. The van der Waals surface area contributed by atoms with Crippen molar-refractivity contribution in [3.05, 3.63) is 42.1 Å². The summed E-state index contributed by atoms with van der Waals surface area (Å²) in [5, 5.41) is 0. The van der Waals surface area contributed by atoms with Gasteiger partial charge in [-0.15, -0.1) is 0 Å². The third-order valence-corrected chi connectivity index (χ3v) is 4.58. The number of carbonyl (C=O) groups excluding carboxylic acids is 1. The standard InChI is InChI=1S/C18H25N5O/c1-4-16-19-10-12-23(16)14-7-6-11-22(13-14)18(24)15-8-5-9-20-17(15)21(2)3/h5,8-10,12,14H,4,6-7,11,13H2,1-3H3. The molecular formula is C18H25N5O. The second kappa shape index (κ2) is 7.03. The molecule has 128 valence electrons. The quantitative estimate of drug-likeness (QED) is 0.865. The molecule has 2 aromatic heterocycles. The highest BCUT2D eigenvalue weighted by molar-refractivity contribution is 5.98. The van der Waals surface area contributed by atoms with Crippen molar-refractivity contribution in [2.75, 3.05) is 32.1 Å². The molecule has 0 radical (unpaired) electrons. The van der Waals surface area contributed by atoms with Crippen molar-refractivity contribution in [2.24, 2.45) is 0 Å². The maximum Gasteiger partial charge on any atom is 0.257 e. The minimum absolute atomic E-state index is 0.0645. The van der Waals surface area contributed by atoms with E-state index in [1.807, 2.05) is 48.4 Å². The lowest BCUT2D eigenvalue weighted by atomic mass is 10.0. The van der Waals surface area contributed by atoms with Gasteiger partial charge in [0, 0.05) is 52.2 Å². The van der Waals surface area contributed by atoms with Crippen molar-refractivity contribution in [2.45, 2.75) is 32.2 Å². The number of rotatable bonds is 4. The highest BCUT2D eigenvalue weighted by Crippen LogP contribution is 2.26. The molecule has 1 amide bonds. The molecule has 2 aromatic rings. The van der Waals surface area contributed by atoms with Crippen molar-refractivity contribution < 1.29 is 4.79 Å². The van der Waals surface area contributed by atoms with Crippen molar-refractivity contribution in [1.82, 2.24) is 19.4 Å². The van der Waals surface area contributed by atoms with Crippen LogP contribution in [0.3, 0.4) is 0 Å². The maximum absolute atomic E-state index is 13.0. The first kappa shape index (κ1) is 16.5. The Labute approximate surface area is 143 Å². The highest BCUT2D eigenvalue weighted by atomic mass is 16.2. The fourth-order valence-corrected chi connectivity index (χ4v) is 3.41. The third kappa shape index (κ3) is 3.13. The van der Waals surface area contributed by atoms with Crippen LogP contribution < -0.4 is 4.90 Å². The summed E-state index contributed by atoms with van der Waals surface area (Å²) >= 11 is 0. The first-order chi connectivity index (χ1) is 11.6. The van der Waals surface area contributed by atoms with Gasteiger partial charge in [0.25, 0.3) is 5.91 Å². The predicted octanol–water partition coefficient (Wildman–Crippen LogP) is 2.38. The number of amides is 1. The van der Waals surface area contributed by atoms with Crippen LogP contribution in [-0.4, -0.2) is 52.5 Å². The number of carbonyl (C=O) groups is 1. The Kier molecular flexibility index (Phi) is 4.83. The van der Waals surface area contributed by atoms with Crippen molar-refractivity contribution in [3.8, 4) is 0 Å². The van der Waals surface area contributed by atoms with E-state index < -0.39 is 0 Å². The van der Waals surface area contributed by atoms with E-state index in [1.165, 1.54) is 0 Å². The number of aryl methyl sites for hydroxylation is 1. The third-order valence-electron chi connectivity index (χ3n) is 4.58. The molecule has 0 bridgehead atoms. The molecule has 1 unspecified atom stereocenters. The minimum atomic E-state index is 0.0645. The summed E-state index contributed by atoms with van der Waals surface area (Å²) in [4.78, 5) is 25.6. The molecule has 3 rings (SSSR count). The zero-order chi connectivity index (χ0) is 17.1. The number of anilines is 1. The van der Waals surface area contributed by atoms with Gasteiger partial charge in [-0.2, -0.15) is 0 Å². The number of hydrogen-bond acceptors (Lipinski definition) is 4. The van der Waals surface area contributed by atoms with Gasteiger partial charge in [0.2, 0.25) is 0 Å². The normalized spacial score (nSPS) is 17.8. The van der Waals surface area contributed by atoms with E-state index in [0.717, 1.165) is 44.0 Å². The van der Waals surface area contributed by atoms with Gasteiger partial charge >= 0.3 is 0 Å². The van der Waals surface area contributed by atoms with Crippen molar-refractivity contribution in [3.63, 3.8) is 0 Å². The van der Waals surface area contributed by atoms with E-state index in [9.17, 15) is 4.79 Å². The van der Waals surface area contributed by atoms with Gasteiger partial charge in [-0.25, -0.2) is 9.97 Å². The van der Waals surface area contributed by atoms with Crippen LogP contribution in [0.25, 0.3) is 0 Å². The molecule has 0 spiro atoms. The Bertz CT molecular complexity index is 709. The second-order valence-corrected chi connectivity index (χ2v) is 6.42. The summed E-state index contributed by atoms with van der Waals surface area (Å²) in [6.45, 7) is 3.64. The van der Waals surface area contributed by atoms with Crippen LogP contribution in [-0.2, 0) is 6.42 Å². The molecule has 0 aromatic carbocycles. The minimum Gasteiger partial charge on any atom is -0.362 e. The van der Waals surface area contributed by atoms with Crippen molar-refractivity contribution in [1.29, 1.82) is 0 Å². The van der Waals surface area contributed by atoms with Crippen LogP contribution in [0, 0.1) is 0 Å². The number of pyridine rings is 1. The number of nitrogens with zero attached hydrogens (tertiary/aromatic N) is 5. The SMILES string of the molecule is CCc1nccn1C1CCCN(C(=O)c2cccnc2N(C)C)C1. The Hall–Kier alpha value is -2.37. The number of likely N-dealkylation sites (tertiary alicyclic amines) is 1. The Morgan fingerprint density at radius 2 is 2.17 bits per heavy atom. The number of imidazole rings is 1. The predicted molar refractivity (Wildman–Crippen MR) is 94.3 cm³/mol. The maximum atomic E-state index is 13.0. The Morgan fingerprint density at radius 3 is 2.92 bits per heavy atom. The topological polar surface area (TPSA) is 54.3 Å². The van der Waals surface area contributed by atoms with Gasteiger partial charge in [-0.1, -0.05) is 6.92 Å². The molecular weight excluding hydrogens is 302 g/mol. The lowest BCUT2D eigenvalue weighted by Gasteiger charge is -2.34. The van der Waals surface area contributed by atoms with Crippen LogP contribution in [0.15, 0.2) is 30.7 Å². The van der Waals surface area contributed by atoms with Gasteiger partial charge < -0.3 is 14.4 Å². The molecule has 1 aliphatic rings. The van der Waals surface area contributed by atoms with Crippen LogP contribution in [0.2, 0.25) is 0 Å². The zero-order valence-electron chi connectivity index (χ0n) is 14.6. The monoisotopic (exact) mass is 327 g/mol. The first-order valence-electron chi connectivity index (χ1n) is 8.55. The molecule has 0 aliphatic carbocycles. The van der Waals surface area contributed by atoms with Crippen LogP contribution in [0.5, 0.6) is 0 Å². The van der Waals surface area contributed by atoms with Gasteiger partial charge in [0.1, 0.15) is 11.6 Å².